The average Bonchev–Trinajstić information content (AvgIpc) is 2.58. The Labute approximate surface area is 163 Å². The Morgan fingerprint density at radius 2 is 1.74 bits per heavy atom. The highest BCUT2D eigenvalue weighted by molar-refractivity contribution is 6.42. The number of nitrogens with zero attached hydrogens (tertiary/aromatic N) is 3. The first-order valence-corrected chi connectivity index (χ1v) is 8.38. The predicted molar refractivity (Wildman–Crippen MR) is 97.9 cm³/mol. The molecule has 9 heteroatoms. The van der Waals surface area contributed by atoms with E-state index in [1.165, 1.54) is 36.4 Å². The SMILES string of the molecule is Cc1cccc(N(c2cc(Oc3ccc(Cl)c(Cl)c3)ncn2)C(F)(F)F)c1. The summed E-state index contributed by atoms with van der Waals surface area (Å²) >= 11 is 11.8. The number of alkyl halides is 3. The van der Waals surface area contributed by atoms with Crippen LogP contribution in [0.3, 0.4) is 0 Å². The Hall–Kier alpha value is -2.51. The minimum Gasteiger partial charge on any atom is -0.439 e. The van der Waals surface area contributed by atoms with E-state index in [-0.39, 0.29) is 33.1 Å². The quantitative estimate of drug-likeness (QED) is 0.455. The molecule has 0 spiro atoms. The molecule has 0 amide bonds. The molecule has 0 saturated heterocycles. The summed E-state index contributed by atoms with van der Waals surface area (Å²) in [5.41, 5.74) is 0.616. The molecule has 0 N–H and O–H groups in total. The number of halogens is 5. The number of rotatable bonds is 4. The normalized spacial score (nSPS) is 11.3. The smallest absolute Gasteiger partial charge is 0.439 e. The molecular weight excluding hydrogens is 402 g/mol. The van der Waals surface area contributed by atoms with Crippen molar-refractivity contribution in [2.75, 3.05) is 4.90 Å². The number of benzene rings is 2. The van der Waals surface area contributed by atoms with Gasteiger partial charge in [0.2, 0.25) is 5.88 Å². The van der Waals surface area contributed by atoms with Gasteiger partial charge in [0, 0.05) is 12.1 Å². The number of aryl methyl sites for hydroxylation is 1. The summed E-state index contributed by atoms with van der Waals surface area (Å²) in [6, 6.07) is 11.6. The van der Waals surface area contributed by atoms with Crippen LogP contribution in [0.1, 0.15) is 5.56 Å². The lowest BCUT2D eigenvalue weighted by Crippen LogP contribution is -2.34. The summed E-state index contributed by atoms with van der Waals surface area (Å²) < 4.78 is 46.5. The van der Waals surface area contributed by atoms with Crippen LogP contribution in [0, 0.1) is 6.92 Å². The molecule has 0 aliphatic carbocycles. The van der Waals surface area contributed by atoms with E-state index in [1.807, 2.05) is 0 Å². The maximum atomic E-state index is 13.7. The molecular formula is C18H12Cl2F3N3O. The fourth-order valence-electron chi connectivity index (χ4n) is 2.34. The first-order chi connectivity index (χ1) is 12.7. The molecule has 140 valence electrons. The van der Waals surface area contributed by atoms with Crippen molar-refractivity contribution in [1.82, 2.24) is 9.97 Å². The number of aromatic nitrogens is 2. The average molecular weight is 414 g/mol. The lowest BCUT2D eigenvalue weighted by molar-refractivity contribution is -0.121. The highest BCUT2D eigenvalue weighted by Crippen LogP contribution is 2.37. The zero-order chi connectivity index (χ0) is 19.6. The van der Waals surface area contributed by atoms with Crippen LogP contribution in [0.2, 0.25) is 10.0 Å². The van der Waals surface area contributed by atoms with Crippen LogP contribution in [-0.4, -0.2) is 16.3 Å². The van der Waals surface area contributed by atoms with Crippen LogP contribution < -0.4 is 9.64 Å². The van der Waals surface area contributed by atoms with Gasteiger partial charge in [-0.1, -0.05) is 35.3 Å². The minimum absolute atomic E-state index is 0.0679. The number of ether oxygens (including phenoxy) is 1. The number of hydrogen-bond donors (Lipinski definition) is 0. The molecule has 0 aliphatic rings. The van der Waals surface area contributed by atoms with Gasteiger partial charge in [0.05, 0.1) is 15.7 Å². The maximum Gasteiger partial charge on any atom is 0.490 e. The van der Waals surface area contributed by atoms with Gasteiger partial charge >= 0.3 is 6.30 Å². The van der Waals surface area contributed by atoms with Crippen molar-refractivity contribution in [2.45, 2.75) is 13.2 Å². The van der Waals surface area contributed by atoms with E-state index < -0.39 is 6.30 Å². The zero-order valence-corrected chi connectivity index (χ0v) is 15.3. The van der Waals surface area contributed by atoms with Crippen molar-refractivity contribution in [2.24, 2.45) is 0 Å². The molecule has 3 aromatic rings. The molecule has 4 nitrogen and oxygen atoms in total. The third-order valence-corrected chi connectivity index (χ3v) is 4.22. The van der Waals surface area contributed by atoms with Gasteiger partial charge in [0.25, 0.3) is 0 Å². The molecule has 1 aromatic heterocycles. The molecule has 2 aromatic carbocycles. The van der Waals surface area contributed by atoms with Crippen LogP contribution in [0.5, 0.6) is 11.6 Å². The van der Waals surface area contributed by atoms with Crippen molar-refractivity contribution in [3.8, 4) is 11.6 Å². The lowest BCUT2D eigenvalue weighted by atomic mass is 10.2. The second kappa shape index (κ2) is 7.62. The van der Waals surface area contributed by atoms with Gasteiger partial charge in [0.1, 0.15) is 17.9 Å². The molecule has 0 radical (unpaired) electrons. The molecule has 1 heterocycles. The summed E-state index contributed by atoms with van der Waals surface area (Å²) in [6.45, 7) is 1.71. The Morgan fingerprint density at radius 3 is 2.41 bits per heavy atom. The fraction of sp³-hybridized carbons (Fsp3) is 0.111. The van der Waals surface area contributed by atoms with Crippen molar-refractivity contribution >= 4 is 34.7 Å². The van der Waals surface area contributed by atoms with Gasteiger partial charge in [0.15, 0.2) is 0 Å². The Bertz CT molecular complexity index is 967. The zero-order valence-electron chi connectivity index (χ0n) is 13.8. The summed E-state index contributed by atoms with van der Waals surface area (Å²) in [6.07, 6.45) is -3.69. The van der Waals surface area contributed by atoms with E-state index in [0.717, 1.165) is 12.4 Å². The molecule has 27 heavy (non-hydrogen) atoms. The van der Waals surface area contributed by atoms with Gasteiger partial charge in [-0.15, -0.1) is 13.2 Å². The van der Waals surface area contributed by atoms with Gasteiger partial charge in [-0.05, 0) is 36.8 Å². The van der Waals surface area contributed by atoms with Gasteiger partial charge in [-0.2, -0.15) is 0 Å². The van der Waals surface area contributed by atoms with Crippen LogP contribution >= 0.6 is 23.2 Å². The van der Waals surface area contributed by atoms with Crippen molar-refractivity contribution < 1.29 is 17.9 Å². The highest BCUT2D eigenvalue weighted by atomic mass is 35.5. The second-order valence-electron chi connectivity index (χ2n) is 5.53. The van der Waals surface area contributed by atoms with E-state index in [1.54, 1.807) is 13.0 Å². The number of anilines is 2. The molecule has 0 atom stereocenters. The van der Waals surface area contributed by atoms with Gasteiger partial charge in [-0.3, -0.25) is 0 Å². The van der Waals surface area contributed by atoms with E-state index >= 15 is 0 Å². The third kappa shape index (κ3) is 4.61. The summed E-state index contributed by atoms with van der Waals surface area (Å²) in [4.78, 5) is 7.77. The Balaban J connectivity index is 1.97. The van der Waals surface area contributed by atoms with E-state index in [2.05, 4.69) is 9.97 Å². The van der Waals surface area contributed by atoms with Crippen LogP contribution in [0.25, 0.3) is 0 Å². The standard InChI is InChI=1S/C18H12Cl2F3N3O/c1-11-3-2-4-12(7-11)26(18(21,22)23)16-9-17(25-10-24-16)27-13-5-6-14(19)15(20)8-13/h2-10H,1H3. The topological polar surface area (TPSA) is 38.2 Å². The van der Waals surface area contributed by atoms with Crippen LogP contribution in [0.4, 0.5) is 24.7 Å². The molecule has 0 fully saturated rings. The van der Waals surface area contributed by atoms with E-state index in [9.17, 15) is 13.2 Å². The summed E-state index contributed by atoms with van der Waals surface area (Å²) in [7, 11) is 0. The van der Waals surface area contributed by atoms with E-state index in [4.69, 9.17) is 27.9 Å². The highest BCUT2D eigenvalue weighted by Gasteiger charge is 2.40. The summed E-state index contributed by atoms with van der Waals surface area (Å²) in [5.74, 6) is -0.165. The first kappa shape index (κ1) is 19.3. The summed E-state index contributed by atoms with van der Waals surface area (Å²) in [5, 5.41) is 0.579. The molecule has 0 aliphatic heterocycles. The lowest BCUT2D eigenvalue weighted by Gasteiger charge is -2.26. The van der Waals surface area contributed by atoms with Crippen molar-refractivity contribution in [3.05, 3.63) is 70.5 Å². The Morgan fingerprint density at radius 1 is 0.963 bits per heavy atom. The minimum atomic E-state index is -4.69. The molecule has 0 bridgehead atoms. The largest absolute Gasteiger partial charge is 0.490 e. The van der Waals surface area contributed by atoms with Crippen molar-refractivity contribution in [3.63, 3.8) is 0 Å². The Kier molecular flexibility index (Phi) is 5.43. The number of hydrogen-bond acceptors (Lipinski definition) is 4. The molecule has 0 saturated carbocycles. The second-order valence-corrected chi connectivity index (χ2v) is 6.35. The molecule has 3 rings (SSSR count). The van der Waals surface area contributed by atoms with Crippen LogP contribution in [-0.2, 0) is 0 Å². The van der Waals surface area contributed by atoms with Crippen LogP contribution in [0.15, 0.2) is 54.9 Å². The molecule has 0 unspecified atom stereocenters. The van der Waals surface area contributed by atoms with Crippen molar-refractivity contribution in [1.29, 1.82) is 0 Å². The van der Waals surface area contributed by atoms with E-state index in [0.29, 0.717) is 10.6 Å². The van der Waals surface area contributed by atoms with Gasteiger partial charge < -0.3 is 4.74 Å². The maximum absolute atomic E-state index is 13.7. The van der Waals surface area contributed by atoms with Gasteiger partial charge in [-0.25, -0.2) is 14.9 Å². The fourth-order valence-corrected chi connectivity index (χ4v) is 2.63. The predicted octanol–water partition coefficient (Wildman–Crippen LogP) is 6.54. The monoisotopic (exact) mass is 413 g/mol. The first-order valence-electron chi connectivity index (χ1n) is 7.62. The third-order valence-electron chi connectivity index (χ3n) is 3.48.